The van der Waals surface area contributed by atoms with E-state index < -0.39 is 0 Å². The zero-order valence-corrected chi connectivity index (χ0v) is 16.3. The number of allylic oxidation sites excluding steroid dienone is 9. The summed E-state index contributed by atoms with van der Waals surface area (Å²) >= 11 is 0. The minimum absolute atomic E-state index is 0.235. The highest BCUT2D eigenvalue weighted by molar-refractivity contribution is 5.61. The molecule has 0 aliphatic carbocycles. The van der Waals surface area contributed by atoms with Crippen LogP contribution in [0.15, 0.2) is 83.3 Å². The zero-order chi connectivity index (χ0) is 19.1. The van der Waals surface area contributed by atoms with Crippen LogP contribution in [0.2, 0.25) is 0 Å². The Hall–Kier alpha value is -2.41. The molecule has 1 heteroatoms. The number of aryl methyl sites for hydroxylation is 2. The summed E-state index contributed by atoms with van der Waals surface area (Å²) in [5.41, 5.74) is 7.60. The van der Waals surface area contributed by atoms with Gasteiger partial charge in [-0.05, 0) is 81.0 Å². The van der Waals surface area contributed by atoms with E-state index in [-0.39, 0.29) is 5.83 Å². The number of halogens is 1. The van der Waals surface area contributed by atoms with Crippen LogP contribution in [0.4, 0.5) is 4.39 Å². The van der Waals surface area contributed by atoms with Gasteiger partial charge in [-0.3, -0.25) is 0 Å². The molecule has 0 spiro atoms. The van der Waals surface area contributed by atoms with Gasteiger partial charge in [0.25, 0.3) is 0 Å². The number of hydrogen-bond acceptors (Lipinski definition) is 0. The highest BCUT2D eigenvalue weighted by Crippen LogP contribution is 2.23. The molecule has 0 radical (unpaired) electrons. The van der Waals surface area contributed by atoms with Crippen molar-refractivity contribution in [2.75, 3.05) is 0 Å². The Labute approximate surface area is 152 Å². The molecule has 0 fully saturated rings. The fraction of sp³-hybridized carbons (Fsp3) is 0.250. The Balaban J connectivity index is 3.10. The first-order valence-electron chi connectivity index (χ1n) is 8.45. The summed E-state index contributed by atoms with van der Waals surface area (Å²) in [5.74, 6) is -0.235. The summed E-state index contributed by atoms with van der Waals surface area (Å²) in [4.78, 5) is 0. The van der Waals surface area contributed by atoms with Crippen molar-refractivity contribution in [1.82, 2.24) is 0 Å². The minimum atomic E-state index is -0.235. The van der Waals surface area contributed by atoms with E-state index in [1.807, 2.05) is 39.0 Å². The second-order valence-electron chi connectivity index (χ2n) is 6.69. The highest BCUT2D eigenvalue weighted by Gasteiger charge is 2.04. The topological polar surface area (TPSA) is 0 Å². The molecule has 0 atom stereocenters. The molecule has 0 amide bonds. The maximum atomic E-state index is 14.6. The van der Waals surface area contributed by atoms with Gasteiger partial charge >= 0.3 is 0 Å². The molecule has 132 valence electrons. The molecule has 1 aromatic rings. The predicted octanol–water partition coefficient (Wildman–Crippen LogP) is 7.59. The molecule has 0 aliphatic rings. The minimum Gasteiger partial charge on any atom is -0.207 e. The van der Waals surface area contributed by atoms with Crippen LogP contribution >= 0.6 is 0 Å². The van der Waals surface area contributed by atoms with Crippen LogP contribution in [-0.2, 0) is 0 Å². The van der Waals surface area contributed by atoms with Crippen molar-refractivity contribution in [2.45, 2.75) is 41.5 Å². The van der Waals surface area contributed by atoms with Crippen molar-refractivity contribution in [1.29, 1.82) is 0 Å². The van der Waals surface area contributed by atoms with E-state index in [2.05, 4.69) is 45.2 Å². The SMILES string of the molecule is C=C(C)/C=C\C(=C)/C(C)=C/C(F)=C(C)/C(C)=C/c1ccc(C)cc1C. The van der Waals surface area contributed by atoms with Gasteiger partial charge in [0.2, 0.25) is 0 Å². The van der Waals surface area contributed by atoms with Gasteiger partial charge in [-0.1, -0.05) is 60.7 Å². The Bertz CT molecular complexity index is 795. The van der Waals surface area contributed by atoms with Crippen molar-refractivity contribution in [2.24, 2.45) is 0 Å². The maximum absolute atomic E-state index is 14.6. The third-order valence-electron chi connectivity index (χ3n) is 4.17. The smallest absolute Gasteiger partial charge is 0.126 e. The Morgan fingerprint density at radius 3 is 2.16 bits per heavy atom. The van der Waals surface area contributed by atoms with E-state index in [1.165, 1.54) is 11.1 Å². The summed E-state index contributed by atoms with van der Waals surface area (Å²) in [6, 6.07) is 6.28. The van der Waals surface area contributed by atoms with Crippen LogP contribution < -0.4 is 0 Å². The first-order chi connectivity index (χ1) is 11.6. The molecule has 0 unspecified atom stereocenters. The van der Waals surface area contributed by atoms with Gasteiger partial charge in [0.05, 0.1) is 0 Å². The quantitative estimate of drug-likeness (QED) is 0.469. The number of rotatable bonds is 6. The second kappa shape index (κ2) is 9.17. The van der Waals surface area contributed by atoms with E-state index in [4.69, 9.17) is 0 Å². The molecule has 0 nitrogen and oxygen atoms in total. The Morgan fingerprint density at radius 2 is 1.60 bits per heavy atom. The third-order valence-corrected chi connectivity index (χ3v) is 4.17. The van der Waals surface area contributed by atoms with E-state index in [1.54, 1.807) is 13.0 Å². The number of hydrogen-bond donors (Lipinski definition) is 0. The molecule has 0 bridgehead atoms. The van der Waals surface area contributed by atoms with Gasteiger partial charge in [-0.15, -0.1) is 0 Å². The monoisotopic (exact) mass is 336 g/mol. The standard InChI is InChI=1S/C24H29F/c1-16(2)9-11-18(4)19(5)15-24(25)22(8)20(6)14-23-12-10-17(3)13-21(23)7/h9-15H,1,4H2,2-3,5-8H3/b11-9-,19-15+,20-14+,24-22-. The molecule has 0 heterocycles. The lowest BCUT2D eigenvalue weighted by atomic mass is 9.99. The lowest BCUT2D eigenvalue weighted by Crippen LogP contribution is -1.88. The molecule has 0 aliphatic heterocycles. The van der Waals surface area contributed by atoms with Gasteiger partial charge in [-0.2, -0.15) is 0 Å². The molecule has 0 aromatic heterocycles. The molecule has 25 heavy (non-hydrogen) atoms. The van der Waals surface area contributed by atoms with Crippen LogP contribution in [0.1, 0.15) is 44.4 Å². The summed E-state index contributed by atoms with van der Waals surface area (Å²) in [6.07, 6.45) is 7.30. The molecule has 0 saturated heterocycles. The van der Waals surface area contributed by atoms with E-state index >= 15 is 0 Å². The average molecular weight is 336 g/mol. The van der Waals surface area contributed by atoms with Crippen LogP contribution in [0.25, 0.3) is 6.08 Å². The Morgan fingerprint density at radius 1 is 0.960 bits per heavy atom. The zero-order valence-electron chi connectivity index (χ0n) is 16.3. The third kappa shape index (κ3) is 6.54. The van der Waals surface area contributed by atoms with Gasteiger partial charge in [0.1, 0.15) is 5.83 Å². The van der Waals surface area contributed by atoms with Crippen molar-refractivity contribution in [3.63, 3.8) is 0 Å². The molecule has 0 N–H and O–H groups in total. The molecule has 1 rings (SSSR count). The largest absolute Gasteiger partial charge is 0.207 e. The van der Waals surface area contributed by atoms with Crippen LogP contribution in [0, 0.1) is 13.8 Å². The highest BCUT2D eigenvalue weighted by atomic mass is 19.1. The molecular formula is C24H29F. The van der Waals surface area contributed by atoms with Crippen LogP contribution in [-0.4, -0.2) is 0 Å². The fourth-order valence-corrected chi connectivity index (χ4v) is 2.28. The van der Waals surface area contributed by atoms with Crippen molar-refractivity contribution in [3.05, 3.63) is 100.0 Å². The second-order valence-corrected chi connectivity index (χ2v) is 6.69. The van der Waals surface area contributed by atoms with Crippen molar-refractivity contribution >= 4 is 6.08 Å². The fourth-order valence-electron chi connectivity index (χ4n) is 2.28. The van der Waals surface area contributed by atoms with Gasteiger partial charge in [0.15, 0.2) is 0 Å². The normalized spacial score (nSPS) is 13.9. The predicted molar refractivity (Wildman–Crippen MR) is 110 cm³/mol. The van der Waals surface area contributed by atoms with E-state index in [0.717, 1.165) is 27.9 Å². The van der Waals surface area contributed by atoms with Crippen molar-refractivity contribution < 1.29 is 4.39 Å². The molecule has 1 aromatic carbocycles. The Kier molecular flexibility index (Phi) is 7.57. The lowest BCUT2D eigenvalue weighted by molar-refractivity contribution is 0.655. The van der Waals surface area contributed by atoms with Crippen molar-refractivity contribution in [3.8, 4) is 0 Å². The van der Waals surface area contributed by atoms with Crippen LogP contribution in [0.3, 0.4) is 0 Å². The maximum Gasteiger partial charge on any atom is 0.126 e. The van der Waals surface area contributed by atoms with E-state index in [0.29, 0.717) is 5.57 Å². The summed E-state index contributed by atoms with van der Waals surface area (Å²) in [5, 5.41) is 0. The summed E-state index contributed by atoms with van der Waals surface area (Å²) < 4.78 is 14.6. The molecule has 0 saturated carbocycles. The first-order valence-corrected chi connectivity index (χ1v) is 8.45. The van der Waals surface area contributed by atoms with Gasteiger partial charge in [-0.25, -0.2) is 4.39 Å². The number of benzene rings is 1. The lowest BCUT2D eigenvalue weighted by Gasteiger charge is -2.07. The van der Waals surface area contributed by atoms with Crippen LogP contribution in [0.5, 0.6) is 0 Å². The average Bonchev–Trinajstić information content (AvgIpc) is 2.53. The summed E-state index contributed by atoms with van der Waals surface area (Å²) in [6.45, 7) is 19.4. The van der Waals surface area contributed by atoms with E-state index in [9.17, 15) is 4.39 Å². The summed E-state index contributed by atoms with van der Waals surface area (Å²) in [7, 11) is 0. The van der Waals surface area contributed by atoms with Gasteiger partial charge < -0.3 is 0 Å². The molecular weight excluding hydrogens is 307 g/mol. The van der Waals surface area contributed by atoms with Gasteiger partial charge in [0, 0.05) is 0 Å². The first kappa shape index (κ1) is 20.6.